The lowest BCUT2D eigenvalue weighted by atomic mass is 10.1. The molecule has 4 N–H and O–H groups in total. The number of halogens is 1. The van der Waals surface area contributed by atoms with Crippen LogP contribution in [0.5, 0.6) is 0 Å². The Kier molecular flexibility index (Phi) is 2.42. The molecule has 74 valence electrons. The van der Waals surface area contributed by atoms with Gasteiger partial charge < -0.3 is 10.8 Å². The highest BCUT2D eigenvalue weighted by Crippen LogP contribution is 2.30. The second kappa shape index (κ2) is 2.98. The maximum absolute atomic E-state index is 10.8. The van der Waals surface area contributed by atoms with Crippen LogP contribution in [0.15, 0.2) is 23.9 Å². The highest BCUT2D eigenvalue weighted by atomic mass is 35.5. The Labute approximate surface area is 80.2 Å². The van der Waals surface area contributed by atoms with Gasteiger partial charge in [0, 0.05) is 5.70 Å². The zero-order chi connectivity index (χ0) is 10.3. The summed E-state index contributed by atoms with van der Waals surface area (Å²) in [5.74, 6) is 0. The van der Waals surface area contributed by atoms with E-state index in [0.717, 1.165) is 18.2 Å². The molecule has 2 unspecified atom stereocenters. The van der Waals surface area contributed by atoms with E-state index in [2.05, 4.69) is 0 Å². The predicted octanol–water partition coefficient (Wildman–Crippen LogP) is -0.417. The van der Waals surface area contributed by atoms with Gasteiger partial charge in [-0.1, -0.05) is 17.7 Å². The minimum absolute atomic E-state index is 0.116. The third kappa shape index (κ3) is 1.86. The van der Waals surface area contributed by atoms with E-state index >= 15 is 0 Å². The molecule has 1 aliphatic carbocycles. The van der Waals surface area contributed by atoms with Gasteiger partial charge in [-0.25, -0.2) is 0 Å². The smallest absolute Gasteiger partial charge is 0.292 e. The van der Waals surface area contributed by atoms with Crippen LogP contribution in [0.2, 0.25) is 0 Å². The average molecular weight is 226 g/mol. The Morgan fingerprint density at radius 3 is 2.54 bits per heavy atom. The van der Waals surface area contributed by atoms with Gasteiger partial charge in [0.25, 0.3) is 10.1 Å². The van der Waals surface area contributed by atoms with E-state index in [4.69, 9.17) is 27.0 Å². The molecule has 0 saturated carbocycles. The predicted molar refractivity (Wildman–Crippen MR) is 47.5 cm³/mol. The van der Waals surface area contributed by atoms with Gasteiger partial charge in [-0.2, -0.15) is 8.42 Å². The SMILES string of the molecule is NC1=CC(Cl)(S(=O)(=O)O)C=CC1O. The summed E-state index contributed by atoms with van der Waals surface area (Å²) < 4.78 is 28.2. The molecule has 0 aliphatic heterocycles. The van der Waals surface area contributed by atoms with E-state index in [1.54, 1.807) is 0 Å². The molecule has 2 atom stereocenters. The van der Waals surface area contributed by atoms with Crippen molar-refractivity contribution in [3.8, 4) is 0 Å². The highest BCUT2D eigenvalue weighted by molar-refractivity contribution is 7.89. The fraction of sp³-hybridized carbons (Fsp3) is 0.333. The largest absolute Gasteiger partial charge is 0.400 e. The van der Waals surface area contributed by atoms with Gasteiger partial charge in [-0.15, -0.1) is 0 Å². The monoisotopic (exact) mass is 225 g/mol. The van der Waals surface area contributed by atoms with Crippen molar-refractivity contribution < 1.29 is 18.1 Å². The van der Waals surface area contributed by atoms with E-state index in [-0.39, 0.29) is 5.70 Å². The number of alkyl halides is 1. The van der Waals surface area contributed by atoms with Crippen LogP contribution in [-0.4, -0.2) is 28.4 Å². The topological polar surface area (TPSA) is 101 Å². The summed E-state index contributed by atoms with van der Waals surface area (Å²) in [7, 11) is -4.47. The van der Waals surface area contributed by atoms with Gasteiger partial charge >= 0.3 is 0 Å². The Morgan fingerprint density at radius 1 is 1.62 bits per heavy atom. The van der Waals surface area contributed by atoms with Crippen LogP contribution in [-0.2, 0) is 10.1 Å². The Bertz CT molecular complexity index is 374. The van der Waals surface area contributed by atoms with E-state index < -0.39 is 20.4 Å². The van der Waals surface area contributed by atoms with Crippen molar-refractivity contribution in [2.75, 3.05) is 0 Å². The van der Waals surface area contributed by atoms with Gasteiger partial charge in [0.05, 0.1) is 0 Å². The first kappa shape index (κ1) is 10.5. The highest BCUT2D eigenvalue weighted by Gasteiger charge is 2.39. The molecule has 7 heteroatoms. The van der Waals surface area contributed by atoms with Crippen molar-refractivity contribution in [1.29, 1.82) is 0 Å². The van der Waals surface area contributed by atoms with E-state index in [0.29, 0.717) is 0 Å². The number of aliphatic hydroxyl groups excluding tert-OH is 1. The third-order valence-corrected chi connectivity index (χ3v) is 3.47. The van der Waals surface area contributed by atoms with Crippen LogP contribution >= 0.6 is 11.6 Å². The summed E-state index contributed by atoms with van der Waals surface area (Å²) >= 11 is 5.52. The summed E-state index contributed by atoms with van der Waals surface area (Å²) in [5.41, 5.74) is 5.13. The molecule has 0 aromatic heterocycles. The lowest BCUT2D eigenvalue weighted by molar-refractivity contribution is 0.254. The fourth-order valence-corrected chi connectivity index (χ4v) is 1.59. The lowest BCUT2D eigenvalue weighted by Gasteiger charge is -2.22. The van der Waals surface area contributed by atoms with E-state index in [1.165, 1.54) is 0 Å². The second-order valence-corrected chi connectivity index (χ2v) is 5.10. The summed E-state index contributed by atoms with van der Waals surface area (Å²) in [6.07, 6.45) is 1.88. The van der Waals surface area contributed by atoms with E-state index in [9.17, 15) is 8.42 Å². The molecule has 13 heavy (non-hydrogen) atoms. The molecule has 5 nitrogen and oxygen atoms in total. The van der Waals surface area contributed by atoms with Crippen LogP contribution in [0.4, 0.5) is 0 Å². The van der Waals surface area contributed by atoms with E-state index in [1.807, 2.05) is 0 Å². The zero-order valence-electron chi connectivity index (χ0n) is 6.38. The first-order valence-corrected chi connectivity index (χ1v) is 5.10. The number of aliphatic hydroxyl groups is 1. The standard InChI is InChI=1S/C6H8ClNO4S/c7-6(13(10,11)12)2-1-5(9)4(8)3-6/h1-3,5,9H,8H2,(H,10,11,12). The minimum Gasteiger partial charge on any atom is -0.400 e. The van der Waals surface area contributed by atoms with Gasteiger partial charge in [0.15, 0.2) is 0 Å². The molecule has 0 saturated heterocycles. The van der Waals surface area contributed by atoms with Crippen molar-refractivity contribution in [3.05, 3.63) is 23.9 Å². The second-order valence-electron chi connectivity index (χ2n) is 2.62. The van der Waals surface area contributed by atoms with Crippen molar-refractivity contribution in [2.24, 2.45) is 5.73 Å². The van der Waals surface area contributed by atoms with Crippen LogP contribution in [0.1, 0.15) is 0 Å². The summed E-state index contributed by atoms with van der Waals surface area (Å²) in [5, 5.41) is 9.06. The van der Waals surface area contributed by atoms with Crippen molar-refractivity contribution in [2.45, 2.75) is 10.3 Å². The molecule has 0 aromatic rings. The van der Waals surface area contributed by atoms with Gasteiger partial charge in [-0.3, -0.25) is 4.55 Å². The van der Waals surface area contributed by atoms with Crippen molar-refractivity contribution in [1.82, 2.24) is 0 Å². The molecule has 0 fully saturated rings. The fourth-order valence-electron chi connectivity index (χ4n) is 0.855. The molecule has 0 radical (unpaired) electrons. The minimum atomic E-state index is -4.47. The van der Waals surface area contributed by atoms with Crippen LogP contribution < -0.4 is 5.73 Å². The molecular formula is C6H8ClNO4S. The normalized spacial score (nSPS) is 34.4. The number of hydrogen-bond acceptors (Lipinski definition) is 4. The van der Waals surface area contributed by atoms with Crippen molar-refractivity contribution in [3.63, 3.8) is 0 Å². The van der Waals surface area contributed by atoms with Crippen LogP contribution in [0, 0.1) is 0 Å². The summed E-state index contributed by atoms with van der Waals surface area (Å²) in [6, 6.07) is 0. The Hall–Kier alpha value is -0.560. The molecule has 0 amide bonds. The first-order chi connectivity index (χ1) is 5.76. The van der Waals surface area contributed by atoms with Gasteiger partial charge in [0.1, 0.15) is 6.10 Å². The summed E-state index contributed by atoms with van der Waals surface area (Å²) in [4.78, 5) is 0. The van der Waals surface area contributed by atoms with Crippen LogP contribution in [0.3, 0.4) is 0 Å². The third-order valence-electron chi connectivity index (χ3n) is 1.61. The Morgan fingerprint density at radius 2 is 2.15 bits per heavy atom. The zero-order valence-corrected chi connectivity index (χ0v) is 7.96. The quantitative estimate of drug-likeness (QED) is 0.320. The Balaban J connectivity index is 3.18. The number of nitrogens with two attached hydrogens (primary N) is 1. The lowest BCUT2D eigenvalue weighted by Crippen LogP contribution is -2.34. The molecule has 1 rings (SSSR count). The molecule has 0 aromatic carbocycles. The van der Waals surface area contributed by atoms with Gasteiger partial charge in [-0.05, 0) is 12.2 Å². The summed E-state index contributed by atoms with van der Waals surface area (Å²) in [6.45, 7) is 0. The molecule has 1 aliphatic rings. The van der Waals surface area contributed by atoms with Gasteiger partial charge in [0.2, 0.25) is 4.21 Å². The number of hydrogen-bond donors (Lipinski definition) is 3. The van der Waals surface area contributed by atoms with Crippen molar-refractivity contribution >= 4 is 21.7 Å². The van der Waals surface area contributed by atoms with Crippen LogP contribution in [0.25, 0.3) is 0 Å². The molecular weight excluding hydrogens is 218 g/mol. The first-order valence-electron chi connectivity index (χ1n) is 3.28. The molecule has 0 bridgehead atoms. The average Bonchev–Trinajstić information content (AvgIpc) is 1.95. The molecule has 0 spiro atoms. The number of rotatable bonds is 1. The maximum Gasteiger partial charge on any atom is 0.292 e. The maximum atomic E-state index is 10.8. The molecule has 0 heterocycles.